The Morgan fingerprint density at radius 1 is 1.31 bits per heavy atom. The maximum Gasteiger partial charge on any atom is 0.421 e. The molecule has 0 radical (unpaired) electrons. The Morgan fingerprint density at radius 3 is 2.52 bits per heavy atom. The minimum Gasteiger partial charge on any atom is -0.372 e. The second-order valence-electron chi connectivity index (χ2n) is 7.63. The summed E-state index contributed by atoms with van der Waals surface area (Å²) in [6, 6.07) is 0. The highest BCUT2D eigenvalue weighted by Gasteiger charge is 2.54. The maximum atomic E-state index is 13.0. The molecule has 3 heterocycles. The molecular formula is C14H17B3ClF3N6OS. The summed E-state index contributed by atoms with van der Waals surface area (Å²) in [5, 5.41) is 8.65. The van der Waals surface area contributed by atoms with Crippen LogP contribution in [0, 0.1) is 0 Å². The minimum absolute atomic E-state index is 0.0693. The van der Waals surface area contributed by atoms with E-state index < -0.39 is 22.3 Å². The molecule has 1 fully saturated rings. The molecule has 1 unspecified atom stereocenters. The van der Waals surface area contributed by atoms with Crippen molar-refractivity contribution in [2.75, 3.05) is 24.2 Å². The van der Waals surface area contributed by atoms with Crippen LogP contribution in [0.1, 0.15) is 17.0 Å². The molecule has 29 heavy (non-hydrogen) atoms. The zero-order chi connectivity index (χ0) is 21.6. The van der Waals surface area contributed by atoms with E-state index in [0.29, 0.717) is 29.2 Å². The normalized spacial score (nSPS) is 19.8. The largest absolute Gasteiger partial charge is 0.421 e. The number of hydrogen-bond donors (Lipinski definition) is 3. The molecule has 1 aliphatic heterocycles. The molecule has 1 aliphatic rings. The Bertz CT molecular complexity index is 954. The van der Waals surface area contributed by atoms with E-state index in [4.69, 9.17) is 11.6 Å². The van der Waals surface area contributed by atoms with Crippen LogP contribution in [0.2, 0.25) is 10.3 Å². The summed E-state index contributed by atoms with van der Waals surface area (Å²) in [6.45, 7) is 0.531. The molecule has 0 bridgehead atoms. The Morgan fingerprint density at radius 2 is 2.00 bits per heavy atom. The first-order valence-corrected chi connectivity index (χ1v) is 9.93. The monoisotopic (exact) mass is 442 g/mol. The van der Waals surface area contributed by atoms with E-state index >= 15 is 0 Å². The van der Waals surface area contributed by atoms with Crippen molar-refractivity contribution < 1.29 is 18.0 Å². The van der Waals surface area contributed by atoms with Crippen molar-refractivity contribution in [3.63, 3.8) is 0 Å². The summed E-state index contributed by atoms with van der Waals surface area (Å²) >= 11 is 7.43. The number of halogens is 4. The van der Waals surface area contributed by atoms with E-state index in [2.05, 4.69) is 30.9 Å². The third-order valence-electron chi connectivity index (χ3n) is 4.96. The second kappa shape index (κ2) is 7.39. The standard InChI is InChI=1S/C14H17B3ClF3N6OS/c1-22-7-5(13(19,20)21)4-24-11(26-7)27-8-6(18)25-10(29-8)12(14(15,16)17)2-3-23-9(12)28/h4H,2-3,15-17H2,1H3,(H,23,28)(H2,22,24,26,27). The molecule has 2 aromatic heterocycles. The number of rotatable bonds is 5. The van der Waals surface area contributed by atoms with Crippen LogP contribution in [-0.4, -0.2) is 58.0 Å². The van der Waals surface area contributed by atoms with Crippen LogP contribution in [0.4, 0.5) is 29.9 Å². The van der Waals surface area contributed by atoms with Crippen molar-refractivity contribution in [1.82, 2.24) is 20.3 Å². The van der Waals surface area contributed by atoms with Gasteiger partial charge < -0.3 is 16.0 Å². The minimum atomic E-state index is -4.58. The highest BCUT2D eigenvalue weighted by atomic mass is 35.5. The molecule has 2 aromatic rings. The molecule has 7 nitrogen and oxygen atoms in total. The fraction of sp³-hybridized carbons (Fsp3) is 0.429. The van der Waals surface area contributed by atoms with Gasteiger partial charge in [-0.25, -0.2) is 9.97 Å². The second-order valence-corrected chi connectivity index (χ2v) is 8.99. The highest BCUT2D eigenvalue weighted by molar-refractivity contribution is 7.16. The number of nitrogens with one attached hydrogen (secondary N) is 3. The van der Waals surface area contributed by atoms with E-state index in [9.17, 15) is 18.0 Å². The lowest BCUT2D eigenvalue weighted by Crippen LogP contribution is -2.47. The van der Waals surface area contributed by atoms with Gasteiger partial charge in [-0.1, -0.05) is 28.1 Å². The Hall–Kier alpha value is -1.95. The third-order valence-corrected chi connectivity index (χ3v) is 6.48. The predicted molar refractivity (Wildman–Crippen MR) is 115 cm³/mol. The molecule has 1 saturated heterocycles. The van der Waals surface area contributed by atoms with E-state index in [-0.39, 0.29) is 22.8 Å². The molecule has 1 amide bonds. The molecule has 152 valence electrons. The van der Waals surface area contributed by atoms with E-state index in [1.807, 2.05) is 23.5 Å². The Balaban J connectivity index is 1.97. The lowest BCUT2D eigenvalue weighted by molar-refractivity contribution is -0.137. The van der Waals surface area contributed by atoms with E-state index in [1.165, 1.54) is 18.4 Å². The van der Waals surface area contributed by atoms with Crippen LogP contribution in [0.25, 0.3) is 0 Å². The molecule has 1 atom stereocenters. The summed E-state index contributed by atoms with van der Waals surface area (Å²) in [6.07, 6.45) is -3.32. The van der Waals surface area contributed by atoms with Crippen molar-refractivity contribution in [2.45, 2.75) is 23.1 Å². The SMILES string of the molecule is BC(B)(B)C1(c2nc(Cl)c(Nc3ncc(C(F)(F)F)c(NC)n3)s2)CCNC1=O. The van der Waals surface area contributed by atoms with Gasteiger partial charge in [0.2, 0.25) is 11.9 Å². The van der Waals surface area contributed by atoms with Crippen molar-refractivity contribution in [1.29, 1.82) is 0 Å². The van der Waals surface area contributed by atoms with Gasteiger partial charge in [-0.3, -0.25) is 4.79 Å². The topological polar surface area (TPSA) is 91.8 Å². The van der Waals surface area contributed by atoms with Gasteiger partial charge in [-0.2, -0.15) is 18.2 Å². The average Bonchev–Trinajstić information content (AvgIpc) is 3.17. The Kier molecular flexibility index (Phi) is 5.54. The van der Waals surface area contributed by atoms with E-state index in [0.717, 1.165) is 0 Å². The van der Waals surface area contributed by atoms with Gasteiger partial charge >= 0.3 is 6.18 Å². The number of hydrogen-bond acceptors (Lipinski definition) is 7. The third kappa shape index (κ3) is 3.79. The summed E-state index contributed by atoms with van der Waals surface area (Å²) in [5.74, 6) is -0.553. The van der Waals surface area contributed by atoms with Crippen LogP contribution in [0.3, 0.4) is 0 Å². The van der Waals surface area contributed by atoms with Crippen molar-refractivity contribution >= 4 is 69.2 Å². The number of anilines is 3. The number of alkyl halides is 3. The predicted octanol–water partition coefficient (Wildman–Crippen LogP) is 0.121. The van der Waals surface area contributed by atoms with Gasteiger partial charge in [0, 0.05) is 19.8 Å². The molecule has 0 saturated carbocycles. The maximum absolute atomic E-state index is 13.0. The summed E-state index contributed by atoms with van der Waals surface area (Å²) in [7, 11) is 7.21. The first kappa shape index (κ1) is 21.8. The molecule has 0 aliphatic carbocycles. The van der Waals surface area contributed by atoms with E-state index in [1.54, 1.807) is 0 Å². The van der Waals surface area contributed by atoms with Crippen LogP contribution in [-0.2, 0) is 16.4 Å². The lowest BCUT2D eigenvalue weighted by atomic mass is 9.32. The van der Waals surface area contributed by atoms with Crippen LogP contribution in [0.5, 0.6) is 0 Å². The molecule has 3 N–H and O–H groups in total. The number of thiazole rings is 1. The van der Waals surface area contributed by atoms with Gasteiger partial charge in [0.05, 0.1) is 29.0 Å². The Labute approximate surface area is 176 Å². The van der Waals surface area contributed by atoms with Crippen molar-refractivity contribution in [3.05, 3.63) is 21.9 Å². The molecular weight excluding hydrogens is 425 g/mol. The summed E-state index contributed by atoms with van der Waals surface area (Å²) in [5.41, 5.74) is -1.82. The fourth-order valence-corrected chi connectivity index (χ4v) is 4.95. The first-order valence-electron chi connectivity index (χ1n) is 8.74. The van der Waals surface area contributed by atoms with Crippen LogP contribution < -0.4 is 16.0 Å². The van der Waals surface area contributed by atoms with Crippen LogP contribution in [0.15, 0.2) is 6.20 Å². The number of amides is 1. The zero-order valence-electron chi connectivity index (χ0n) is 16.2. The van der Waals surface area contributed by atoms with Gasteiger partial charge in [-0.05, 0) is 6.42 Å². The van der Waals surface area contributed by atoms with Gasteiger partial charge in [0.15, 0.2) is 5.15 Å². The first-order chi connectivity index (χ1) is 13.4. The lowest BCUT2D eigenvalue weighted by Gasteiger charge is -2.37. The smallest absolute Gasteiger partial charge is 0.372 e. The summed E-state index contributed by atoms with van der Waals surface area (Å²) < 4.78 is 39.1. The molecule has 3 rings (SSSR count). The fourth-order valence-electron chi connectivity index (χ4n) is 3.37. The summed E-state index contributed by atoms with van der Waals surface area (Å²) in [4.78, 5) is 24.7. The van der Waals surface area contributed by atoms with Crippen molar-refractivity contribution in [3.8, 4) is 0 Å². The quantitative estimate of drug-likeness (QED) is 0.570. The van der Waals surface area contributed by atoms with Crippen molar-refractivity contribution in [2.24, 2.45) is 0 Å². The number of carbonyl (C=O) groups is 1. The van der Waals surface area contributed by atoms with Gasteiger partial charge in [0.25, 0.3) is 0 Å². The number of nitrogens with zero attached hydrogens (tertiary/aromatic N) is 3. The highest BCUT2D eigenvalue weighted by Crippen LogP contribution is 2.49. The molecule has 0 spiro atoms. The average molecular weight is 442 g/mol. The van der Waals surface area contributed by atoms with Crippen LogP contribution >= 0.6 is 22.9 Å². The number of aromatic nitrogens is 3. The molecule has 0 aromatic carbocycles. The number of carbonyl (C=O) groups excluding carboxylic acids is 1. The zero-order valence-corrected chi connectivity index (χ0v) is 17.7. The van der Waals surface area contributed by atoms with Gasteiger partial charge in [-0.15, -0.1) is 0 Å². The van der Waals surface area contributed by atoms with Gasteiger partial charge in [0.1, 0.15) is 21.4 Å². The molecule has 15 heteroatoms.